The molecule has 0 saturated heterocycles. The summed E-state index contributed by atoms with van der Waals surface area (Å²) in [7, 11) is 0. The maximum Gasteiger partial charge on any atom is 0.305 e. The second-order valence-electron chi connectivity index (χ2n) is 26.7. The number of amides is 1. The van der Waals surface area contributed by atoms with Crippen LogP contribution >= 0.6 is 0 Å². The Kier molecular flexibility index (Phi) is 73.4. The summed E-state index contributed by atoms with van der Waals surface area (Å²) in [5.74, 6) is -0.0575. The zero-order valence-electron chi connectivity index (χ0n) is 58.1. The van der Waals surface area contributed by atoms with Gasteiger partial charge in [-0.25, -0.2) is 0 Å². The molecule has 506 valence electrons. The second-order valence-corrected chi connectivity index (χ2v) is 26.7. The number of unbranched alkanes of at least 4 members (excludes halogenated alkanes) is 56. The minimum Gasteiger partial charge on any atom is -0.466 e. The number of carbonyl (C=O) groups excluding carboxylic acids is 2. The summed E-state index contributed by atoms with van der Waals surface area (Å²) in [6, 6.07) is -0.628. The maximum absolute atomic E-state index is 12.5. The Morgan fingerprint density at radius 3 is 0.930 bits per heavy atom. The Morgan fingerprint density at radius 2 is 0.593 bits per heavy atom. The van der Waals surface area contributed by atoms with Crippen LogP contribution in [0.4, 0.5) is 0 Å². The number of hydrogen-bond donors (Lipinski definition) is 3. The van der Waals surface area contributed by atoms with E-state index in [-0.39, 0.29) is 18.5 Å². The number of rotatable bonds is 73. The lowest BCUT2D eigenvalue weighted by Gasteiger charge is -2.20. The van der Waals surface area contributed by atoms with Gasteiger partial charge in [0.25, 0.3) is 0 Å². The second kappa shape index (κ2) is 75.3. The summed E-state index contributed by atoms with van der Waals surface area (Å²) in [6.45, 7) is 4.90. The first-order valence-corrected chi connectivity index (χ1v) is 38.9. The molecule has 0 aliphatic rings. The van der Waals surface area contributed by atoms with Crippen LogP contribution in [0, 0.1) is 0 Å². The van der Waals surface area contributed by atoms with Gasteiger partial charge in [-0.2, -0.15) is 0 Å². The predicted molar refractivity (Wildman–Crippen MR) is 379 cm³/mol. The minimum absolute atomic E-state index is 0.00359. The normalized spacial score (nSPS) is 12.7. The van der Waals surface area contributed by atoms with E-state index >= 15 is 0 Å². The third-order valence-electron chi connectivity index (χ3n) is 18.1. The maximum atomic E-state index is 12.5. The SMILES string of the molecule is CCCC/C=C\C/C=C\CCCCCCCC(=O)OCCCCCCCCCCCCCC/C=C\CCCCCCCCCCCCCCCCCCC(=O)NC(CO)C(O)/C=C/CCCCCCCCCCCCCCCCCCCCCCC. The first-order chi connectivity index (χ1) is 42.5. The van der Waals surface area contributed by atoms with Crippen molar-refractivity contribution in [1.29, 1.82) is 0 Å². The number of nitrogens with one attached hydrogen (secondary N) is 1. The molecule has 2 unspecified atom stereocenters. The van der Waals surface area contributed by atoms with Crippen molar-refractivity contribution in [1.82, 2.24) is 5.32 Å². The van der Waals surface area contributed by atoms with Crippen LogP contribution in [0.1, 0.15) is 425 Å². The third-order valence-corrected chi connectivity index (χ3v) is 18.1. The number of aliphatic hydroxyl groups is 2. The van der Waals surface area contributed by atoms with E-state index in [9.17, 15) is 19.8 Å². The molecule has 3 N–H and O–H groups in total. The molecule has 0 radical (unpaired) electrons. The molecule has 0 spiro atoms. The van der Waals surface area contributed by atoms with Crippen molar-refractivity contribution in [2.75, 3.05) is 13.2 Å². The summed E-state index contributed by atoms with van der Waals surface area (Å²) in [5, 5.41) is 23.3. The van der Waals surface area contributed by atoms with Gasteiger partial charge in [-0.15, -0.1) is 0 Å². The molecule has 0 saturated carbocycles. The van der Waals surface area contributed by atoms with Gasteiger partial charge >= 0.3 is 5.97 Å². The van der Waals surface area contributed by atoms with Gasteiger partial charge in [0.1, 0.15) is 0 Å². The zero-order valence-corrected chi connectivity index (χ0v) is 58.1. The van der Waals surface area contributed by atoms with Crippen molar-refractivity contribution in [3.05, 3.63) is 48.6 Å². The number of aliphatic hydroxyl groups excluding tert-OH is 2. The fourth-order valence-electron chi connectivity index (χ4n) is 12.1. The number of allylic oxidation sites excluding steroid dienone is 7. The molecule has 0 bridgehead atoms. The van der Waals surface area contributed by atoms with Crippen molar-refractivity contribution < 1.29 is 24.5 Å². The van der Waals surface area contributed by atoms with E-state index in [1.165, 1.54) is 347 Å². The smallest absolute Gasteiger partial charge is 0.305 e. The van der Waals surface area contributed by atoms with Crippen molar-refractivity contribution in [2.24, 2.45) is 0 Å². The van der Waals surface area contributed by atoms with Crippen molar-refractivity contribution >= 4 is 11.9 Å². The summed E-state index contributed by atoms with van der Waals surface area (Å²) < 4.78 is 5.48. The van der Waals surface area contributed by atoms with Crippen LogP contribution < -0.4 is 5.32 Å². The average Bonchev–Trinajstić information content (AvgIpc) is 3.54. The van der Waals surface area contributed by atoms with Crippen LogP contribution in [0.25, 0.3) is 0 Å². The first kappa shape index (κ1) is 83.8. The number of ether oxygens (including phenoxy) is 1. The standard InChI is InChI=1S/C80H151NO5/c1-3-5-7-9-11-13-15-17-19-20-21-22-33-36-39-42-45-48-52-56-60-64-68-72-78(83)77(76-82)81-79(84)73-69-65-61-57-53-49-46-43-40-37-34-31-29-27-25-23-24-26-28-30-32-35-38-41-44-47-51-55-59-63-67-71-75-86-80(85)74-70-66-62-58-54-50-18-16-14-12-10-8-6-4-2/h10,12,16,18,26,28,68,72,77-78,82-83H,3-9,11,13-15,17,19-25,27,29-67,69-71,73-76H2,1-2H3,(H,81,84)/b12-10-,18-16-,28-26-,72-68+. The topological polar surface area (TPSA) is 95.9 Å². The van der Waals surface area contributed by atoms with Crippen LogP contribution in [0.3, 0.4) is 0 Å². The van der Waals surface area contributed by atoms with E-state index < -0.39 is 12.1 Å². The first-order valence-electron chi connectivity index (χ1n) is 38.9. The molecule has 0 aliphatic heterocycles. The van der Waals surface area contributed by atoms with Crippen LogP contribution in [-0.2, 0) is 14.3 Å². The molecule has 6 heteroatoms. The highest BCUT2D eigenvalue weighted by Gasteiger charge is 2.18. The Morgan fingerprint density at radius 1 is 0.326 bits per heavy atom. The van der Waals surface area contributed by atoms with Gasteiger partial charge in [0.05, 0.1) is 25.4 Å². The van der Waals surface area contributed by atoms with E-state index in [2.05, 4.69) is 55.6 Å². The van der Waals surface area contributed by atoms with E-state index in [0.29, 0.717) is 19.4 Å². The van der Waals surface area contributed by atoms with E-state index in [1.54, 1.807) is 6.08 Å². The van der Waals surface area contributed by atoms with Crippen LogP contribution in [0.2, 0.25) is 0 Å². The van der Waals surface area contributed by atoms with E-state index in [4.69, 9.17) is 4.74 Å². The lowest BCUT2D eigenvalue weighted by molar-refractivity contribution is -0.143. The van der Waals surface area contributed by atoms with Crippen molar-refractivity contribution in [3.63, 3.8) is 0 Å². The fourth-order valence-corrected chi connectivity index (χ4v) is 12.1. The highest BCUT2D eigenvalue weighted by Crippen LogP contribution is 2.19. The van der Waals surface area contributed by atoms with Crippen LogP contribution in [-0.4, -0.2) is 47.4 Å². The Labute approximate surface area is 537 Å². The highest BCUT2D eigenvalue weighted by atomic mass is 16.5. The summed E-state index contributed by atoms with van der Waals surface area (Å²) >= 11 is 0. The lowest BCUT2D eigenvalue weighted by atomic mass is 10.0. The molecule has 6 nitrogen and oxygen atoms in total. The summed E-state index contributed by atoms with van der Waals surface area (Å²) in [5.41, 5.74) is 0. The van der Waals surface area contributed by atoms with Crippen LogP contribution in [0.15, 0.2) is 48.6 Å². The van der Waals surface area contributed by atoms with E-state index in [1.807, 2.05) is 6.08 Å². The Bertz CT molecular complexity index is 1440. The van der Waals surface area contributed by atoms with Gasteiger partial charge in [-0.1, -0.05) is 377 Å². The van der Waals surface area contributed by atoms with Crippen LogP contribution in [0.5, 0.6) is 0 Å². The van der Waals surface area contributed by atoms with Crippen molar-refractivity contribution in [2.45, 2.75) is 437 Å². The molecular weight excluding hydrogens is 1050 g/mol. The van der Waals surface area contributed by atoms with Gasteiger partial charge in [0, 0.05) is 12.8 Å². The molecule has 0 aromatic rings. The molecule has 0 fully saturated rings. The van der Waals surface area contributed by atoms with Gasteiger partial charge in [0.2, 0.25) is 5.91 Å². The predicted octanol–water partition coefficient (Wildman–Crippen LogP) is 25.6. The molecule has 0 aromatic heterocycles. The van der Waals surface area contributed by atoms with Gasteiger partial charge in [-0.3, -0.25) is 9.59 Å². The summed E-state index contributed by atoms with van der Waals surface area (Å²) in [4.78, 5) is 24.6. The zero-order chi connectivity index (χ0) is 62.0. The molecular formula is C80H151NO5. The number of esters is 1. The Balaban J connectivity index is 3.39. The third kappa shape index (κ3) is 70.9. The molecule has 0 rings (SSSR count). The molecule has 1 amide bonds. The van der Waals surface area contributed by atoms with E-state index in [0.717, 1.165) is 51.4 Å². The molecule has 0 heterocycles. The largest absolute Gasteiger partial charge is 0.466 e. The Hall–Kier alpha value is -2.18. The lowest BCUT2D eigenvalue weighted by Crippen LogP contribution is -2.45. The highest BCUT2D eigenvalue weighted by molar-refractivity contribution is 5.76. The quantitative estimate of drug-likeness (QED) is 0.0320. The summed E-state index contributed by atoms with van der Waals surface area (Å²) in [6.07, 6.45) is 99.4. The number of hydrogen-bond acceptors (Lipinski definition) is 5. The number of carbonyl (C=O) groups is 2. The average molecular weight is 1210 g/mol. The van der Waals surface area contributed by atoms with Crippen molar-refractivity contribution in [3.8, 4) is 0 Å². The monoisotopic (exact) mass is 1210 g/mol. The minimum atomic E-state index is -0.845. The fraction of sp³-hybridized carbons (Fsp3) is 0.875. The molecule has 86 heavy (non-hydrogen) atoms. The molecule has 0 aromatic carbocycles. The molecule has 0 aliphatic carbocycles. The van der Waals surface area contributed by atoms with Gasteiger partial charge in [-0.05, 0) is 83.5 Å². The van der Waals surface area contributed by atoms with Gasteiger partial charge in [0.15, 0.2) is 0 Å². The molecule has 2 atom stereocenters. The van der Waals surface area contributed by atoms with Gasteiger partial charge < -0.3 is 20.3 Å².